The van der Waals surface area contributed by atoms with Gasteiger partial charge in [0.15, 0.2) is 0 Å². The number of anilines is 1. The van der Waals surface area contributed by atoms with Gasteiger partial charge in [-0.2, -0.15) is 0 Å². The Hall–Kier alpha value is -2.28. The van der Waals surface area contributed by atoms with Gasteiger partial charge >= 0.3 is 0 Å². The van der Waals surface area contributed by atoms with Crippen LogP contribution in [-0.2, 0) is 22.6 Å². The summed E-state index contributed by atoms with van der Waals surface area (Å²) in [7, 11) is 0. The van der Waals surface area contributed by atoms with E-state index in [4.69, 9.17) is 4.74 Å². The van der Waals surface area contributed by atoms with Crippen molar-refractivity contribution in [1.29, 1.82) is 0 Å². The monoisotopic (exact) mass is 385 g/mol. The van der Waals surface area contributed by atoms with Gasteiger partial charge in [0.05, 0.1) is 13.2 Å². The Labute approximate surface area is 165 Å². The molecule has 1 saturated heterocycles. The van der Waals surface area contributed by atoms with Crippen molar-refractivity contribution in [2.24, 2.45) is 0 Å². The maximum absolute atomic E-state index is 13.3. The minimum atomic E-state index is -0.180. The van der Waals surface area contributed by atoms with Crippen LogP contribution in [0, 0.1) is 12.7 Å². The lowest BCUT2D eigenvalue weighted by Gasteiger charge is -2.26. The standard InChI is InChI=1S/C22H28FN3O2/c1-17-13-19(5-6-21(17)23)16-24-15-18-3-2-4-20(14-18)25-22(27)7-8-26-9-11-28-12-10-26/h2-6,13-14,24H,7-12,15-16H2,1H3,(H,25,27). The minimum absolute atomic E-state index is 0.0263. The van der Waals surface area contributed by atoms with Crippen LogP contribution in [0.15, 0.2) is 42.5 Å². The van der Waals surface area contributed by atoms with Gasteiger partial charge in [-0.25, -0.2) is 4.39 Å². The molecule has 1 amide bonds. The van der Waals surface area contributed by atoms with Crippen LogP contribution < -0.4 is 10.6 Å². The van der Waals surface area contributed by atoms with Crippen LogP contribution >= 0.6 is 0 Å². The number of amides is 1. The number of nitrogens with one attached hydrogen (secondary N) is 2. The predicted molar refractivity (Wildman–Crippen MR) is 109 cm³/mol. The number of ether oxygens (including phenoxy) is 1. The second-order valence-corrected chi connectivity index (χ2v) is 7.14. The number of halogens is 1. The average Bonchev–Trinajstić information content (AvgIpc) is 2.70. The first-order valence-electron chi connectivity index (χ1n) is 9.75. The van der Waals surface area contributed by atoms with E-state index in [0.717, 1.165) is 49.7 Å². The summed E-state index contributed by atoms with van der Waals surface area (Å²) >= 11 is 0. The van der Waals surface area contributed by atoms with Crippen molar-refractivity contribution >= 4 is 11.6 Å². The smallest absolute Gasteiger partial charge is 0.225 e. The zero-order chi connectivity index (χ0) is 19.8. The number of carbonyl (C=O) groups is 1. The molecule has 2 aromatic carbocycles. The first kappa shape index (κ1) is 20.5. The van der Waals surface area contributed by atoms with E-state index in [-0.39, 0.29) is 11.7 Å². The molecule has 2 N–H and O–H groups in total. The molecule has 2 aromatic rings. The molecule has 5 nitrogen and oxygen atoms in total. The summed E-state index contributed by atoms with van der Waals surface area (Å²) in [5.74, 6) is -0.154. The summed E-state index contributed by atoms with van der Waals surface area (Å²) in [5.41, 5.74) is 3.60. The normalized spacial score (nSPS) is 14.8. The van der Waals surface area contributed by atoms with Gasteiger partial charge in [-0.05, 0) is 41.8 Å². The zero-order valence-electron chi connectivity index (χ0n) is 16.3. The molecule has 150 valence electrons. The summed E-state index contributed by atoms with van der Waals surface area (Å²) in [6.07, 6.45) is 0.479. The van der Waals surface area contributed by atoms with Gasteiger partial charge in [0.2, 0.25) is 5.91 Å². The molecule has 3 rings (SSSR count). The summed E-state index contributed by atoms with van der Waals surface area (Å²) in [6.45, 7) is 7.13. The Morgan fingerprint density at radius 3 is 2.61 bits per heavy atom. The topological polar surface area (TPSA) is 53.6 Å². The lowest BCUT2D eigenvalue weighted by molar-refractivity contribution is -0.116. The summed E-state index contributed by atoms with van der Waals surface area (Å²) in [6, 6.07) is 13.0. The van der Waals surface area contributed by atoms with Crippen LogP contribution in [0.2, 0.25) is 0 Å². The predicted octanol–water partition coefficient (Wildman–Crippen LogP) is 3.08. The summed E-state index contributed by atoms with van der Waals surface area (Å²) in [5, 5.41) is 6.34. The van der Waals surface area contributed by atoms with Crippen LogP contribution in [0.4, 0.5) is 10.1 Å². The lowest BCUT2D eigenvalue weighted by Crippen LogP contribution is -2.38. The summed E-state index contributed by atoms with van der Waals surface area (Å²) < 4.78 is 18.7. The quantitative estimate of drug-likeness (QED) is 0.733. The van der Waals surface area contributed by atoms with Crippen molar-refractivity contribution in [3.63, 3.8) is 0 Å². The highest BCUT2D eigenvalue weighted by molar-refractivity contribution is 5.90. The molecule has 0 bridgehead atoms. The number of aryl methyl sites for hydroxylation is 1. The maximum Gasteiger partial charge on any atom is 0.225 e. The van der Waals surface area contributed by atoms with E-state index in [9.17, 15) is 9.18 Å². The highest BCUT2D eigenvalue weighted by Crippen LogP contribution is 2.13. The zero-order valence-corrected chi connectivity index (χ0v) is 16.3. The second-order valence-electron chi connectivity index (χ2n) is 7.14. The molecular weight excluding hydrogens is 357 g/mol. The number of morpholine rings is 1. The third kappa shape index (κ3) is 6.41. The van der Waals surface area contributed by atoms with E-state index in [2.05, 4.69) is 15.5 Å². The lowest BCUT2D eigenvalue weighted by atomic mass is 10.1. The first-order chi connectivity index (χ1) is 13.6. The fourth-order valence-electron chi connectivity index (χ4n) is 3.23. The molecule has 0 aliphatic carbocycles. The van der Waals surface area contributed by atoms with E-state index in [1.807, 2.05) is 30.3 Å². The highest BCUT2D eigenvalue weighted by atomic mass is 19.1. The molecule has 6 heteroatoms. The number of hydrogen-bond acceptors (Lipinski definition) is 4. The number of rotatable bonds is 8. The molecule has 1 fully saturated rings. The van der Waals surface area contributed by atoms with Gasteiger partial charge in [-0.1, -0.05) is 24.3 Å². The molecule has 0 atom stereocenters. The van der Waals surface area contributed by atoms with Crippen LogP contribution in [0.25, 0.3) is 0 Å². The third-order valence-electron chi connectivity index (χ3n) is 4.85. The van der Waals surface area contributed by atoms with E-state index >= 15 is 0 Å². The molecule has 1 aliphatic heterocycles. The molecule has 0 radical (unpaired) electrons. The van der Waals surface area contributed by atoms with E-state index in [0.29, 0.717) is 25.1 Å². The van der Waals surface area contributed by atoms with Gasteiger partial charge in [0.1, 0.15) is 5.82 Å². The van der Waals surface area contributed by atoms with Crippen molar-refractivity contribution in [3.05, 3.63) is 65.0 Å². The third-order valence-corrected chi connectivity index (χ3v) is 4.85. The van der Waals surface area contributed by atoms with E-state index in [1.165, 1.54) is 6.07 Å². The summed E-state index contributed by atoms with van der Waals surface area (Å²) in [4.78, 5) is 14.5. The van der Waals surface area contributed by atoms with Crippen molar-refractivity contribution < 1.29 is 13.9 Å². The van der Waals surface area contributed by atoms with Crippen LogP contribution in [0.5, 0.6) is 0 Å². The Balaban J connectivity index is 1.43. The Kier molecular flexibility index (Phi) is 7.54. The first-order valence-corrected chi connectivity index (χ1v) is 9.75. The molecule has 0 unspecified atom stereocenters. The molecule has 0 spiro atoms. The molecule has 0 aromatic heterocycles. The molecular formula is C22H28FN3O2. The number of hydrogen-bond donors (Lipinski definition) is 2. The average molecular weight is 385 g/mol. The van der Waals surface area contributed by atoms with Gasteiger partial charge in [0, 0.05) is 44.8 Å². The molecule has 1 aliphatic rings. The molecule has 28 heavy (non-hydrogen) atoms. The highest BCUT2D eigenvalue weighted by Gasteiger charge is 2.12. The van der Waals surface area contributed by atoms with Gasteiger partial charge in [-0.3, -0.25) is 9.69 Å². The van der Waals surface area contributed by atoms with Gasteiger partial charge < -0.3 is 15.4 Å². The van der Waals surface area contributed by atoms with Crippen molar-refractivity contribution in [2.75, 3.05) is 38.2 Å². The SMILES string of the molecule is Cc1cc(CNCc2cccc(NC(=O)CCN3CCOCC3)c2)ccc1F. The fraction of sp³-hybridized carbons (Fsp3) is 0.409. The van der Waals surface area contributed by atoms with Crippen molar-refractivity contribution in [3.8, 4) is 0 Å². The Morgan fingerprint density at radius 1 is 1.11 bits per heavy atom. The van der Waals surface area contributed by atoms with Gasteiger partial charge in [0.25, 0.3) is 0 Å². The largest absolute Gasteiger partial charge is 0.379 e. The maximum atomic E-state index is 13.3. The van der Waals surface area contributed by atoms with E-state index < -0.39 is 0 Å². The second kappa shape index (κ2) is 10.3. The number of benzene rings is 2. The fourth-order valence-corrected chi connectivity index (χ4v) is 3.23. The Morgan fingerprint density at radius 2 is 1.86 bits per heavy atom. The van der Waals surface area contributed by atoms with E-state index in [1.54, 1.807) is 13.0 Å². The molecule has 1 heterocycles. The van der Waals surface area contributed by atoms with Crippen LogP contribution in [0.1, 0.15) is 23.1 Å². The minimum Gasteiger partial charge on any atom is -0.379 e. The number of nitrogens with zero attached hydrogens (tertiary/aromatic N) is 1. The molecule has 0 saturated carbocycles. The van der Waals surface area contributed by atoms with Crippen molar-refractivity contribution in [2.45, 2.75) is 26.4 Å². The van der Waals surface area contributed by atoms with Crippen molar-refractivity contribution in [1.82, 2.24) is 10.2 Å². The number of carbonyl (C=O) groups excluding carboxylic acids is 1. The Bertz CT molecular complexity index is 791. The van der Waals surface area contributed by atoms with Crippen LogP contribution in [0.3, 0.4) is 0 Å². The van der Waals surface area contributed by atoms with Gasteiger partial charge in [-0.15, -0.1) is 0 Å². The van der Waals surface area contributed by atoms with Crippen LogP contribution in [-0.4, -0.2) is 43.7 Å².